The van der Waals surface area contributed by atoms with Crippen molar-refractivity contribution >= 4 is 62.5 Å². The van der Waals surface area contributed by atoms with Crippen LogP contribution in [-0.4, -0.2) is 53.4 Å². The third kappa shape index (κ3) is 7.85. The molecule has 288 valence electrons. The van der Waals surface area contributed by atoms with E-state index in [1.807, 2.05) is 0 Å². The van der Waals surface area contributed by atoms with Gasteiger partial charge in [-0.1, -0.05) is 50.2 Å². The van der Waals surface area contributed by atoms with Gasteiger partial charge < -0.3 is 16.0 Å². The number of nitrogens with zero attached hydrogens (tertiary/aromatic N) is 3. The summed E-state index contributed by atoms with van der Waals surface area (Å²) in [5.74, 6) is -2.39. The van der Waals surface area contributed by atoms with Crippen molar-refractivity contribution in [3.63, 3.8) is 0 Å². The van der Waals surface area contributed by atoms with Crippen molar-refractivity contribution < 1.29 is 40.8 Å². The summed E-state index contributed by atoms with van der Waals surface area (Å²) in [4.78, 5) is 62.3. The van der Waals surface area contributed by atoms with Gasteiger partial charge in [0.05, 0.1) is 10.6 Å². The molecule has 2 aromatic heterocycles. The van der Waals surface area contributed by atoms with Gasteiger partial charge in [-0.05, 0) is 83.9 Å². The molecule has 0 spiro atoms. The Labute approximate surface area is 318 Å². The highest BCUT2D eigenvalue weighted by atomic mass is 32.2. The van der Waals surface area contributed by atoms with E-state index in [0.29, 0.717) is 34.6 Å². The van der Waals surface area contributed by atoms with E-state index >= 15 is 0 Å². The van der Waals surface area contributed by atoms with Crippen molar-refractivity contribution in [1.82, 2.24) is 15.3 Å². The summed E-state index contributed by atoms with van der Waals surface area (Å²) in [5, 5.41) is 13.5. The molecule has 5 N–H and O–H groups in total. The average molecular weight is 787 g/mol. The lowest BCUT2D eigenvalue weighted by Crippen LogP contribution is -2.55. The molecule has 56 heavy (non-hydrogen) atoms. The van der Waals surface area contributed by atoms with Crippen LogP contribution in [0.4, 0.5) is 56.3 Å². The van der Waals surface area contributed by atoms with Gasteiger partial charge in [0, 0.05) is 35.6 Å². The second-order valence-corrected chi connectivity index (χ2v) is 14.6. The van der Waals surface area contributed by atoms with Crippen LogP contribution >= 0.6 is 0 Å². The van der Waals surface area contributed by atoms with Crippen molar-refractivity contribution in [2.75, 3.05) is 26.2 Å². The van der Waals surface area contributed by atoms with Gasteiger partial charge in [0.2, 0.25) is 0 Å². The third-order valence-corrected chi connectivity index (χ3v) is 10.8. The summed E-state index contributed by atoms with van der Waals surface area (Å²) in [5.41, 5.74) is -5.67. The first-order chi connectivity index (χ1) is 26.6. The van der Waals surface area contributed by atoms with Gasteiger partial charge in [0.25, 0.3) is 15.7 Å². The van der Waals surface area contributed by atoms with E-state index in [-0.39, 0.29) is 17.3 Å². The van der Waals surface area contributed by atoms with E-state index in [0.717, 1.165) is 17.0 Å². The van der Waals surface area contributed by atoms with Gasteiger partial charge in [0.1, 0.15) is 17.2 Å². The number of aromatic nitrogens is 2. The molecule has 1 saturated heterocycles. The number of rotatable bonds is 10. The standard InChI is InChI=1S/C38H33F3N8O6S/c1-23(25-17-19-42-31(21-25)46-34(51)44-27-9-5-3-6-10-27)37(24(2)26-18-20-43-32(22-26)47-35(52)45-28-11-7-4-8-12-28)33(50)49(36(53)48-37)29-13-15-30(16-14-29)56(54,55)38(39,40)41/h3-24H,1-2H3,(H,48,53)(H2,42,44,46,51)(H2,43,45,47,52). The number of halogens is 3. The number of carbonyl (C=O) groups is 4. The Balaban J connectivity index is 1.35. The van der Waals surface area contributed by atoms with Crippen LogP contribution in [0, 0.1) is 0 Å². The number of para-hydroxylation sites is 2. The van der Waals surface area contributed by atoms with Crippen LogP contribution in [0.15, 0.2) is 126 Å². The van der Waals surface area contributed by atoms with Crippen LogP contribution in [0.3, 0.4) is 0 Å². The monoisotopic (exact) mass is 786 g/mol. The summed E-state index contributed by atoms with van der Waals surface area (Å²) in [6, 6.07) is 24.6. The fourth-order valence-electron chi connectivity index (χ4n) is 6.36. The molecular formula is C38H33F3N8O6S. The predicted octanol–water partition coefficient (Wildman–Crippen LogP) is 7.46. The fraction of sp³-hybridized carbons (Fsp3) is 0.158. The number of imide groups is 1. The number of anilines is 5. The number of amides is 7. The molecule has 3 heterocycles. The highest BCUT2D eigenvalue weighted by Gasteiger charge is 2.59. The molecular weight excluding hydrogens is 754 g/mol. The van der Waals surface area contributed by atoms with Gasteiger partial charge in [-0.15, -0.1) is 0 Å². The van der Waals surface area contributed by atoms with Crippen LogP contribution in [0.25, 0.3) is 0 Å². The first kappa shape index (κ1) is 38.9. The lowest BCUT2D eigenvalue weighted by Gasteiger charge is -2.39. The van der Waals surface area contributed by atoms with E-state index < -0.39 is 61.6 Å². The third-order valence-electron chi connectivity index (χ3n) is 9.26. The van der Waals surface area contributed by atoms with Crippen molar-refractivity contribution in [3.05, 3.63) is 133 Å². The molecule has 1 aliphatic heterocycles. The molecule has 1 aliphatic rings. The highest BCUT2D eigenvalue weighted by Crippen LogP contribution is 2.45. The van der Waals surface area contributed by atoms with E-state index in [9.17, 15) is 40.8 Å². The summed E-state index contributed by atoms with van der Waals surface area (Å²) >= 11 is 0. The molecule has 14 nitrogen and oxygen atoms in total. The summed E-state index contributed by atoms with van der Waals surface area (Å²) in [6.45, 7) is 3.32. The number of hydrogen-bond acceptors (Lipinski definition) is 8. The Kier molecular flexibility index (Phi) is 10.8. The number of urea groups is 3. The molecule has 2 unspecified atom stereocenters. The van der Waals surface area contributed by atoms with Gasteiger partial charge in [0.15, 0.2) is 0 Å². The zero-order chi connectivity index (χ0) is 40.3. The first-order valence-electron chi connectivity index (χ1n) is 16.9. The smallest absolute Gasteiger partial charge is 0.322 e. The molecule has 1 fully saturated rings. The number of hydrogen-bond donors (Lipinski definition) is 5. The maximum Gasteiger partial charge on any atom is 0.501 e. The molecule has 6 rings (SSSR count). The van der Waals surface area contributed by atoms with Gasteiger partial charge in [-0.3, -0.25) is 15.4 Å². The molecule has 5 aromatic rings. The Morgan fingerprint density at radius 3 is 1.57 bits per heavy atom. The maximum absolute atomic E-state index is 14.8. The van der Waals surface area contributed by atoms with E-state index in [1.54, 1.807) is 86.6 Å². The van der Waals surface area contributed by atoms with Crippen molar-refractivity contribution in [3.8, 4) is 0 Å². The second-order valence-electron chi connectivity index (χ2n) is 12.7. The van der Waals surface area contributed by atoms with Crippen LogP contribution < -0.4 is 31.5 Å². The summed E-state index contributed by atoms with van der Waals surface area (Å²) < 4.78 is 63.8. The number of sulfone groups is 1. The Morgan fingerprint density at radius 2 is 1.14 bits per heavy atom. The second kappa shape index (κ2) is 15.5. The van der Waals surface area contributed by atoms with Crippen molar-refractivity contribution in [2.24, 2.45) is 0 Å². The van der Waals surface area contributed by atoms with Gasteiger partial charge in [-0.2, -0.15) is 13.2 Å². The molecule has 0 saturated carbocycles. The molecule has 2 atom stereocenters. The predicted molar refractivity (Wildman–Crippen MR) is 202 cm³/mol. The minimum Gasteiger partial charge on any atom is -0.322 e. The average Bonchev–Trinajstić information content (AvgIpc) is 3.44. The van der Waals surface area contributed by atoms with Crippen molar-refractivity contribution in [1.29, 1.82) is 0 Å². The van der Waals surface area contributed by atoms with Gasteiger partial charge in [-0.25, -0.2) is 37.7 Å². The van der Waals surface area contributed by atoms with Crippen LogP contribution in [0.1, 0.15) is 36.8 Å². The molecule has 18 heteroatoms. The first-order valence-corrected chi connectivity index (χ1v) is 18.3. The molecule has 0 radical (unpaired) electrons. The fourth-order valence-corrected chi connectivity index (χ4v) is 7.12. The van der Waals surface area contributed by atoms with Crippen LogP contribution in [0.2, 0.25) is 0 Å². The number of pyridine rings is 2. The Hall–Kier alpha value is -6.82. The van der Waals surface area contributed by atoms with Gasteiger partial charge >= 0.3 is 23.6 Å². The lowest BCUT2D eigenvalue weighted by molar-refractivity contribution is -0.123. The number of nitrogens with one attached hydrogen (secondary N) is 5. The van der Waals surface area contributed by atoms with Crippen LogP contribution in [-0.2, 0) is 14.6 Å². The number of alkyl halides is 3. The lowest BCUT2D eigenvalue weighted by atomic mass is 9.70. The van der Waals surface area contributed by atoms with E-state index in [2.05, 4.69) is 36.6 Å². The zero-order valence-electron chi connectivity index (χ0n) is 29.5. The quantitative estimate of drug-likeness (QED) is 0.0901. The topological polar surface area (TPSA) is 192 Å². The van der Waals surface area contributed by atoms with E-state index in [1.165, 1.54) is 24.5 Å². The molecule has 3 aromatic carbocycles. The molecule has 0 aliphatic carbocycles. The summed E-state index contributed by atoms with van der Waals surface area (Å²) in [7, 11) is -5.71. The molecule has 0 bridgehead atoms. The Bertz CT molecular complexity index is 2280. The maximum atomic E-state index is 14.8. The Morgan fingerprint density at radius 1 is 0.696 bits per heavy atom. The normalized spacial score (nSPS) is 16.7. The largest absolute Gasteiger partial charge is 0.501 e. The zero-order valence-corrected chi connectivity index (χ0v) is 30.4. The SMILES string of the molecule is CC(c1ccnc(NC(=O)Nc2ccccc2)c1)C1(C(C)c2ccnc(NC(=O)Nc3ccccc3)c2)NC(=O)N(c2ccc(S(=O)(=O)C(F)(F)F)cc2)C1=O. The van der Waals surface area contributed by atoms with E-state index in [4.69, 9.17) is 0 Å². The minimum absolute atomic E-state index is 0.112. The van der Waals surface area contributed by atoms with Crippen molar-refractivity contribution in [2.45, 2.75) is 41.6 Å². The molecule has 7 amide bonds. The number of benzene rings is 3. The number of carbonyl (C=O) groups excluding carboxylic acids is 4. The summed E-state index contributed by atoms with van der Waals surface area (Å²) in [6.07, 6.45) is 2.81. The minimum atomic E-state index is -5.71. The highest BCUT2D eigenvalue weighted by molar-refractivity contribution is 7.92. The van der Waals surface area contributed by atoms with Crippen LogP contribution in [0.5, 0.6) is 0 Å².